The third-order valence-corrected chi connectivity index (χ3v) is 5.84. The lowest BCUT2D eigenvalue weighted by Gasteiger charge is -2.34. The summed E-state index contributed by atoms with van der Waals surface area (Å²) in [4.78, 5) is 17.9. The van der Waals surface area contributed by atoms with Crippen molar-refractivity contribution in [3.05, 3.63) is 55.6 Å². The Kier molecular flexibility index (Phi) is 6.16. The van der Waals surface area contributed by atoms with Crippen molar-refractivity contribution in [2.24, 2.45) is 0 Å². The van der Waals surface area contributed by atoms with Crippen LogP contribution in [0.15, 0.2) is 40.2 Å². The third kappa shape index (κ3) is 4.96. The Morgan fingerprint density at radius 2 is 2.00 bits per heavy atom. The van der Waals surface area contributed by atoms with Gasteiger partial charge < -0.3 is 10.2 Å². The number of hydrogen-bond acceptors (Lipinski definition) is 3. The second-order valence-electron chi connectivity index (χ2n) is 5.76. The van der Waals surface area contributed by atoms with Gasteiger partial charge in [-0.25, -0.2) is 4.79 Å². The Bertz CT molecular complexity index is 701. The minimum atomic E-state index is -0.00602. The number of nitrogens with zero attached hydrogens (tertiary/aromatic N) is 2. The summed E-state index contributed by atoms with van der Waals surface area (Å²) in [5.74, 6) is 0. The van der Waals surface area contributed by atoms with Crippen LogP contribution in [0, 0.1) is 0 Å². The molecule has 0 aliphatic carbocycles. The highest BCUT2D eigenvalue weighted by Crippen LogP contribution is 2.23. The van der Waals surface area contributed by atoms with Gasteiger partial charge in [-0.3, -0.25) is 4.90 Å². The smallest absolute Gasteiger partial charge is 0.317 e. The zero-order chi connectivity index (χ0) is 16.9. The molecule has 2 amide bonds. The highest BCUT2D eigenvalue weighted by Gasteiger charge is 2.21. The van der Waals surface area contributed by atoms with Gasteiger partial charge in [0.25, 0.3) is 0 Å². The molecule has 1 aromatic carbocycles. The van der Waals surface area contributed by atoms with Crippen LogP contribution in [0.5, 0.6) is 0 Å². The number of rotatable bonds is 4. The monoisotopic (exact) mass is 427 g/mol. The van der Waals surface area contributed by atoms with Gasteiger partial charge in [-0.1, -0.05) is 23.7 Å². The number of carbonyl (C=O) groups is 1. The molecule has 2 heterocycles. The Hall–Kier alpha value is -1.08. The quantitative estimate of drug-likeness (QED) is 0.792. The molecule has 1 aliphatic heterocycles. The highest BCUT2D eigenvalue weighted by molar-refractivity contribution is 9.11. The van der Waals surface area contributed by atoms with E-state index in [2.05, 4.69) is 38.3 Å². The number of thiophene rings is 1. The number of halogens is 2. The van der Waals surface area contributed by atoms with E-state index in [0.717, 1.165) is 42.1 Å². The topological polar surface area (TPSA) is 35.6 Å². The van der Waals surface area contributed by atoms with E-state index in [9.17, 15) is 4.79 Å². The zero-order valence-electron chi connectivity index (χ0n) is 13.2. The second-order valence-corrected chi connectivity index (χ2v) is 8.74. The van der Waals surface area contributed by atoms with Crippen molar-refractivity contribution < 1.29 is 4.79 Å². The van der Waals surface area contributed by atoms with Gasteiger partial charge in [0.05, 0.1) is 3.79 Å². The number of carbonyl (C=O) groups excluding carboxylic acids is 1. The van der Waals surface area contributed by atoms with Crippen molar-refractivity contribution in [1.82, 2.24) is 15.1 Å². The van der Waals surface area contributed by atoms with Gasteiger partial charge in [0.1, 0.15) is 0 Å². The maximum absolute atomic E-state index is 12.3. The van der Waals surface area contributed by atoms with Gasteiger partial charge in [0.15, 0.2) is 0 Å². The summed E-state index contributed by atoms with van der Waals surface area (Å²) in [5.41, 5.74) is 1.01. The number of piperazine rings is 1. The van der Waals surface area contributed by atoms with Crippen molar-refractivity contribution in [2.45, 2.75) is 13.1 Å². The summed E-state index contributed by atoms with van der Waals surface area (Å²) in [7, 11) is 0. The van der Waals surface area contributed by atoms with Crippen LogP contribution in [-0.4, -0.2) is 42.0 Å². The molecule has 1 saturated heterocycles. The molecule has 7 heteroatoms. The van der Waals surface area contributed by atoms with Crippen LogP contribution in [0.1, 0.15) is 10.4 Å². The number of benzene rings is 1. The van der Waals surface area contributed by atoms with Crippen molar-refractivity contribution in [1.29, 1.82) is 0 Å². The van der Waals surface area contributed by atoms with Gasteiger partial charge in [0.2, 0.25) is 0 Å². The van der Waals surface area contributed by atoms with Crippen molar-refractivity contribution in [2.75, 3.05) is 26.2 Å². The molecular formula is C17H19BrClN3OS. The molecule has 0 radical (unpaired) electrons. The molecule has 0 saturated carbocycles. The van der Waals surface area contributed by atoms with E-state index in [1.807, 2.05) is 29.2 Å². The fourth-order valence-corrected chi connectivity index (χ4v) is 4.44. The number of nitrogens with one attached hydrogen (secondary N) is 1. The Morgan fingerprint density at radius 1 is 1.21 bits per heavy atom. The van der Waals surface area contributed by atoms with E-state index in [4.69, 9.17) is 11.6 Å². The van der Waals surface area contributed by atoms with E-state index < -0.39 is 0 Å². The highest BCUT2D eigenvalue weighted by atomic mass is 79.9. The molecule has 0 spiro atoms. The SMILES string of the molecule is O=C(NCc1cccc(Cl)c1)N1CCN(Cc2ccc(Br)s2)CC1. The van der Waals surface area contributed by atoms with Crippen LogP contribution in [0.25, 0.3) is 0 Å². The molecule has 4 nitrogen and oxygen atoms in total. The summed E-state index contributed by atoms with van der Waals surface area (Å²) >= 11 is 11.2. The average molecular weight is 429 g/mol. The molecule has 3 rings (SSSR count). The number of hydrogen-bond donors (Lipinski definition) is 1. The molecule has 2 aromatic rings. The lowest BCUT2D eigenvalue weighted by molar-refractivity contribution is 0.135. The first-order chi connectivity index (χ1) is 11.6. The second kappa shape index (κ2) is 8.34. The predicted molar refractivity (Wildman–Crippen MR) is 103 cm³/mol. The standard InChI is InChI=1S/C17H19BrClN3OS/c18-16-5-4-15(24-16)12-21-6-8-22(9-7-21)17(23)20-11-13-2-1-3-14(19)10-13/h1-5,10H,6-9,11-12H2,(H,20,23). The summed E-state index contributed by atoms with van der Waals surface area (Å²) in [6.07, 6.45) is 0. The summed E-state index contributed by atoms with van der Waals surface area (Å²) < 4.78 is 1.16. The Labute approximate surface area is 159 Å². The van der Waals surface area contributed by atoms with Gasteiger partial charge in [-0.05, 0) is 45.8 Å². The number of urea groups is 1. The van der Waals surface area contributed by atoms with Crippen LogP contribution in [0.4, 0.5) is 4.79 Å². The van der Waals surface area contributed by atoms with Crippen LogP contribution in [0.2, 0.25) is 5.02 Å². The summed E-state index contributed by atoms with van der Waals surface area (Å²) in [6, 6.07) is 11.8. The molecule has 0 unspecified atom stereocenters. The molecule has 24 heavy (non-hydrogen) atoms. The minimum Gasteiger partial charge on any atom is -0.334 e. The predicted octanol–water partition coefficient (Wildman–Crippen LogP) is 4.19. The van der Waals surface area contributed by atoms with E-state index in [-0.39, 0.29) is 6.03 Å². The van der Waals surface area contributed by atoms with Crippen molar-refractivity contribution in [3.63, 3.8) is 0 Å². The molecule has 1 N–H and O–H groups in total. The first-order valence-electron chi connectivity index (χ1n) is 7.84. The van der Waals surface area contributed by atoms with E-state index in [0.29, 0.717) is 11.6 Å². The van der Waals surface area contributed by atoms with Crippen LogP contribution in [0.3, 0.4) is 0 Å². The van der Waals surface area contributed by atoms with E-state index in [1.165, 1.54) is 4.88 Å². The van der Waals surface area contributed by atoms with Crippen LogP contribution >= 0.6 is 38.9 Å². The maximum Gasteiger partial charge on any atom is 0.317 e. The number of amides is 2. The maximum atomic E-state index is 12.3. The largest absolute Gasteiger partial charge is 0.334 e. The van der Waals surface area contributed by atoms with E-state index in [1.54, 1.807) is 11.3 Å². The molecule has 1 aromatic heterocycles. The summed E-state index contributed by atoms with van der Waals surface area (Å²) in [6.45, 7) is 4.78. The van der Waals surface area contributed by atoms with Crippen LogP contribution < -0.4 is 5.32 Å². The van der Waals surface area contributed by atoms with Gasteiger partial charge >= 0.3 is 6.03 Å². The lowest BCUT2D eigenvalue weighted by atomic mass is 10.2. The molecule has 0 atom stereocenters. The molecular weight excluding hydrogens is 410 g/mol. The van der Waals surface area contributed by atoms with Gasteiger partial charge in [0, 0.05) is 49.2 Å². The van der Waals surface area contributed by atoms with E-state index >= 15 is 0 Å². The first kappa shape index (κ1) is 17.7. The zero-order valence-corrected chi connectivity index (χ0v) is 16.3. The molecule has 1 fully saturated rings. The Morgan fingerprint density at radius 3 is 2.67 bits per heavy atom. The average Bonchev–Trinajstić information content (AvgIpc) is 2.98. The lowest BCUT2D eigenvalue weighted by Crippen LogP contribution is -2.51. The minimum absolute atomic E-state index is 0.00602. The fraction of sp³-hybridized carbons (Fsp3) is 0.353. The van der Waals surface area contributed by atoms with Crippen molar-refractivity contribution in [3.8, 4) is 0 Å². The summed E-state index contributed by atoms with van der Waals surface area (Å²) in [5, 5.41) is 3.66. The molecule has 128 valence electrons. The normalized spacial score (nSPS) is 15.5. The van der Waals surface area contributed by atoms with Crippen molar-refractivity contribution >= 4 is 44.9 Å². The molecule has 1 aliphatic rings. The molecule has 0 bridgehead atoms. The first-order valence-corrected chi connectivity index (χ1v) is 9.83. The van der Waals surface area contributed by atoms with Gasteiger partial charge in [-0.15, -0.1) is 11.3 Å². The van der Waals surface area contributed by atoms with Gasteiger partial charge in [-0.2, -0.15) is 0 Å². The van der Waals surface area contributed by atoms with Crippen LogP contribution in [-0.2, 0) is 13.1 Å². The third-order valence-electron chi connectivity index (χ3n) is 4.00. The Balaban J connectivity index is 1.43. The fourth-order valence-electron chi connectivity index (χ4n) is 2.70.